The smallest absolute Gasteiger partial charge is 0.230 e. The molecule has 1 aromatic heterocycles. The van der Waals surface area contributed by atoms with E-state index in [1.54, 1.807) is 22.8 Å². The van der Waals surface area contributed by atoms with E-state index in [1.165, 1.54) is 17.1 Å². The van der Waals surface area contributed by atoms with Crippen molar-refractivity contribution in [1.29, 1.82) is 0 Å². The summed E-state index contributed by atoms with van der Waals surface area (Å²) in [5, 5.41) is 9.57. The highest BCUT2D eigenvalue weighted by Crippen LogP contribution is 2.24. The molecule has 1 heterocycles. The maximum Gasteiger partial charge on any atom is 0.230 e. The van der Waals surface area contributed by atoms with Crippen LogP contribution in [0.25, 0.3) is 16.5 Å². The van der Waals surface area contributed by atoms with Gasteiger partial charge in [0.25, 0.3) is 0 Å². The largest absolute Gasteiger partial charge is 0.349 e. The van der Waals surface area contributed by atoms with Crippen LogP contribution in [0.3, 0.4) is 0 Å². The first-order valence-electron chi connectivity index (χ1n) is 9.05. The fourth-order valence-electron chi connectivity index (χ4n) is 3.03. The third-order valence-electron chi connectivity index (χ3n) is 4.54. The number of aromatic nitrogens is 3. The van der Waals surface area contributed by atoms with E-state index < -0.39 is 0 Å². The molecule has 0 bridgehead atoms. The second kappa shape index (κ2) is 8.27. The second-order valence-corrected chi connectivity index (χ2v) is 7.57. The Hall–Kier alpha value is -3.12. The minimum atomic E-state index is -0.0606. The lowest BCUT2D eigenvalue weighted by molar-refractivity contribution is -0.119. The Bertz CT molecular complexity index is 1080. The van der Waals surface area contributed by atoms with Crippen molar-refractivity contribution >= 4 is 28.4 Å². The molecule has 0 aliphatic carbocycles. The Balaban J connectivity index is 1.33. The normalized spacial score (nSPS) is 12.0. The van der Waals surface area contributed by atoms with Crippen molar-refractivity contribution < 1.29 is 4.79 Å². The van der Waals surface area contributed by atoms with Gasteiger partial charge in [0.2, 0.25) is 5.91 Å². The van der Waals surface area contributed by atoms with Crippen LogP contribution in [0.15, 0.2) is 84.3 Å². The third kappa shape index (κ3) is 4.23. The van der Waals surface area contributed by atoms with E-state index in [4.69, 9.17) is 0 Å². The van der Waals surface area contributed by atoms with Gasteiger partial charge in [-0.3, -0.25) is 4.79 Å². The summed E-state index contributed by atoms with van der Waals surface area (Å²) in [7, 11) is 0. The average Bonchev–Trinajstić information content (AvgIpc) is 3.27. The maximum absolute atomic E-state index is 12.4. The van der Waals surface area contributed by atoms with Crippen molar-refractivity contribution in [3.63, 3.8) is 0 Å². The standard InChI is InChI=1S/C22H20N4OS/c1-16(17-6-9-20(10-7-17)26-15-23-14-24-26)25-22(27)13-28-21-11-8-18-4-2-3-5-19(18)12-21/h2-12,14-16H,13H2,1H3,(H,25,27). The van der Waals surface area contributed by atoms with Crippen LogP contribution >= 0.6 is 11.8 Å². The molecule has 0 aliphatic heterocycles. The molecule has 0 saturated heterocycles. The molecular weight excluding hydrogens is 368 g/mol. The summed E-state index contributed by atoms with van der Waals surface area (Å²) in [5.74, 6) is 0.408. The highest BCUT2D eigenvalue weighted by atomic mass is 32.2. The number of nitrogens with zero attached hydrogens (tertiary/aromatic N) is 3. The number of hydrogen-bond donors (Lipinski definition) is 1. The first kappa shape index (κ1) is 18.3. The summed E-state index contributed by atoms with van der Waals surface area (Å²) in [5.41, 5.74) is 1.99. The Labute approximate surface area is 167 Å². The van der Waals surface area contributed by atoms with Gasteiger partial charge in [-0.25, -0.2) is 9.67 Å². The van der Waals surface area contributed by atoms with Crippen LogP contribution in [0.5, 0.6) is 0 Å². The molecule has 140 valence electrons. The van der Waals surface area contributed by atoms with E-state index in [9.17, 15) is 4.79 Å². The number of carbonyl (C=O) groups is 1. The van der Waals surface area contributed by atoms with E-state index in [1.807, 2.05) is 43.3 Å². The molecule has 0 saturated carbocycles. The summed E-state index contributed by atoms with van der Waals surface area (Å²) >= 11 is 1.55. The molecule has 0 aliphatic rings. The monoisotopic (exact) mass is 388 g/mol. The maximum atomic E-state index is 12.4. The predicted molar refractivity (Wildman–Crippen MR) is 113 cm³/mol. The SMILES string of the molecule is CC(NC(=O)CSc1ccc2ccccc2c1)c1ccc(-n2cncn2)cc1. The quantitative estimate of drug-likeness (QED) is 0.498. The lowest BCUT2D eigenvalue weighted by atomic mass is 10.1. The first-order chi connectivity index (χ1) is 13.7. The predicted octanol–water partition coefficient (Wildman–Crippen LogP) is 4.39. The summed E-state index contributed by atoms with van der Waals surface area (Å²) < 4.78 is 1.70. The van der Waals surface area contributed by atoms with Gasteiger partial charge >= 0.3 is 0 Å². The minimum absolute atomic E-state index is 0.0195. The van der Waals surface area contributed by atoms with Crippen molar-refractivity contribution in [2.24, 2.45) is 0 Å². The molecule has 1 amide bonds. The Morgan fingerprint density at radius 1 is 1.07 bits per heavy atom. The zero-order valence-electron chi connectivity index (χ0n) is 15.4. The van der Waals surface area contributed by atoms with E-state index in [-0.39, 0.29) is 11.9 Å². The molecule has 3 aromatic carbocycles. The molecular formula is C22H20N4OS. The zero-order valence-corrected chi connectivity index (χ0v) is 16.3. The van der Waals surface area contributed by atoms with Gasteiger partial charge in [-0.2, -0.15) is 5.10 Å². The Morgan fingerprint density at radius 3 is 2.61 bits per heavy atom. The number of rotatable bonds is 6. The van der Waals surface area contributed by atoms with Crippen molar-refractivity contribution in [2.75, 3.05) is 5.75 Å². The summed E-state index contributed by atoms with van der Waals surface area (Å²) in [6.07, 6.45) is 3.16. The Kier molecular flexibility index (Phi) is 5.39. The van der Waals surface area contributed by atoms with Gasteiger partial charge in [-0.05, 0) is 47.5 Å². The molecule has 0 fully saturated rings. The summed E-state index contributed by atoms with van der Waals surface area (Å²) in [6.45, 7) is 1.99. The van der Waals surface area contributed by atoms with Crippen molar-refractivity contribution in [3.05, 3.63) is 84.9 Å². The molecule has 1 N–H and O–H groups in total. The fourth-order valence-corrected chi connectivity index (χ4v) is 3.79. The molecule has 0 radical (unpaired) electrons. The van der Waals surface area contributed by atoms with Crippen LogP contribution in [0, 0.1) is 0 Å². The lowest BCUT2D eigenvalue weighted by Gasteiger charge is -2.15. The fraction of sp³-hybridized carbons (Fsp3) is 0.136. The molecule has 5 nitrogen and oxygen atoms in total. The minimum Gasteiger partial charge on any atom is -0.349 e. The van der Waals surface area contributed by atoms with Crippen LogP contribution in [-0.4, -0.2) is 26.4 Å². The number of thioether (sulfide) groups is 1. The van der Waals surface area contributed by atoms with E-state index in [0.29, 0.717) is 5.75 Å². The number of carbonyl (C=O) groups excluding carboxylic acids is 1. The van der Waals surface area contributed by atoms with Crippen LogP contribution in [0.2, 0.25) is 0 Å². The number of nitrogens with one attached hydrogen (secondary N) is 1. The summed E-state index contributed by atoms with van der Waals surface area (Å²) in [6, 6.07) is 22.4. The van der Waals surface area contributed by atoms with Crippen molar-refractivity contribution in [3.8, 4) is 5.69 Å². The average molecular weight is 388 g/mol. The van der Waals surface area contributed by atoms with Gasteiger partial charge in [0.1, 0.15) is 12.7 Å². The van der Waals surface area contributed by atoms with Gasteiger partial charge in [0, 0.05) is 4.90 Å². The van der Waals surface area contributed by atoms with Crippen molar-refractivity contribution in [2.45, 2.75) is 17.9 Å². The molecule has 6 heteroatoms. The van der Waals surface area contributed by atoms with Gasteiger partial charge in [0.05, 0.1) is 17.5 Å². The van der Waals surface area contributed by atoms with E-state index in [2.05, 4.69) is 45.7 Å². The summed E-state index contributed by atoms with van der Waals surface area (Å²) in [4.78, 5) is 17.4. The number of fused-ring (bicyclic) bond motifs is 1. The van der Waals surface area contributed by atoms with E-state index >= 15 is 0 Å². The van der Waals surface area contributed by atoms with E-state index in [0.717, 1.165) is 16.1 Å². The second-order valence-electron chi connectivity index (χ2n) is 6.52. The Morgan fingerprint density at radius 2 is 1.86 bits per heavy atom. The number of amides is 1. The molecule has 4 rings (SSSR count). The third-order valence-corrected chi connectivity index (χ3v) is 5.54. The number of benzene rings is 3. The van der Waals surface area contributed by atoms with Crippen molar-refractivity contribution in [1.82, 2.24) is 20.1 Å². The highest BCUT2D eigenvalue weighted by molar-refractivity contribution is 8.00. The zero-order chi connectivity index (χ0) is 19.3. The molecule has 1 atom stereocenters. The first-order valence-corrected chi connectivity index (χ1v) is 10.0. The van der Waals surface area contributed by atoms with Gasteiger partial charge in [-0.15, -0.1) is 11.8 Å². The van der Waals surface area contributed by atoms with Gasteiger partial charge in [0.15, 0.2) is 0 Å². The number of hydrogen-bond acceptors (Lipinski definition) is 4. The lowest BCUT2D eigenvalue weighted by Crippen LogP contribution is -2.28. The van der Waals surface area contributed by atoms with Gasteiger partial charge in [-0.1, -0.05) is 42.5 Å². The molecule has 0 spiro atoms. The molecule has 4 aromatic rings. The molecule has 28 heavy (non-hydrogen) atoms. The van der Waals surface area contributed by atoms with Crippen LogP contribution in [0.1, 0.15) is 18.5 Å². The molecule has 1 unspecified atom stereocenters. The van der Waals surface area contributed by atoms with Crippen LogP contribution in [0.4, 0.5) is 0 Å². The van der Waals surface area contributed by atoms with Gasteiger partial charge < -0.3 is 5.32 Å². The van der Waals surface area contributed by atoms with Crippen LogP contribution < -0.4 is 5.32 Å². The van der Waals surface area contributed by atoms with Crippen LogP contribution in [-0.2, 0) is 4.79 Å². The topological polar surface area (TPSA) is 59.8 Å². The highest BCUT2D eigenvalue weighted by Gasteiger charge is 2.10.